The normalized spacial score (nSPS) is 17.2. The average molecular weight is 469 g/mol. The number of hydrogen-bond donors (Lipinski definition) is 0. The molecule has 0 atom stereocenters. The second kappa shape index (κ2) is 9.91. The molecule has 8 heteroatoms. The first-order valence-electron chi connectivity index (χ1n) is 11.4. The van der Waals surface area contributed by atoms with Crippen LogP contribution in [-0.2, 0) is 4.79 Å². The second-order valence-corrected chi connectivity index (χ2v) is 9.14. The summed E-state index contributed by atoms with van der Waals surface area (Å²) >= 11 is 6.21. The van der Waals surface area contributed by atoms with Crippen molar-refractivity contribution in [3.8, 4) is 0 Å². The van der Waals surface area contributed by atoms with Gasteiger partial charge in [-0.05, 0) is 44.0 Å². The molecule has 1 aromatic heterocycles. The Morgan fingerprint density at radius 2 is 1.39 bits per heavy atom. The molecular formula is C25H29ClN4O3. The van der Waals surface area contributed by atoms with E-state index in [9.17, 15) is 14.4 Å². The van der Waals surface area contributed by atoms with Crippen molar-refractivity contribution in [3.05, 3.63) is 63.9 Å². The third kappa shape index (κ3) is 5.03. The molecule has 0 radical (unpaired) electrons. The van der Waals surface area contributed by atoms with Crippen molar-refractivity contribution < 1.29 is 14.4 Å². The lowest BCUT2D eigenvalue weighted by molar-refractivity contribution is -0.130. The molecule has 0 unspecified atom stereocenters. The van der Waals surface area contributed by atoms with E-state index in [1.165, 1.54) is 0 Å². The quantitative estimate of drug-likeness (QED) is 0.692. The molecule has 2 saturated heterocycles. The van der Waals surface area contributed by atoms with Crippen molar-refractivity contribution in [2.45, 2.75) is 32.6 Å². The van der Waals surface area contributed by atoms with Gasteiger partial charge in [0, 0.05) is 57.8 Å². The van der Waals surface area contributed by atoms with Gasteiger partial charge in [0.25, 0.3) is 11.8 Å². The van der Waals surface area contributed by atoms with Crippen LogP contribution in [0.25, 0.3) is 0 Å². The van der Waals surface area contributed by atoms with Crippen molar-refractivity contribution >= 4 is 29.3 Å². The van der Waals surface area contributed by atoms with Crippen molar-refractivity contribution in [3.63, 3.8) is 0 Å². The molecule has 0 N–H and O–H groups in total. The number of carbonyl (C=O) groups excluding carboxylic acids is 3. The fourth-order valence-corrected chi connectivity index (χ4v) is 4.84. The van der Waals surface area contributed by atoms with Gasteiger partial charge in [-0.15, -0.1) is 0 Å². The molecule has 2 fully saturated rings. The van der Waals surface area contributed by atoms with E-state index in [1.54, 1.807) is 24.0 Å². The number of pyridine rings is 1. The molecule has 4 rings (SSSR count). The summed E-state index contributed by atoms with van der Waals surface area (Å²) in [6.07, 6.45) is 1.48. The van der Waals surface area contributed by atoms with Crippen molar-refractivity contribution in [2.24, 2.45) is 0 Å². The van der Waals surface area contributed by atoms with E-state index >= 15 is 0 Å². The van der Waals surface area contributed by atoms with E-state index < -0.39 is 0 Å². The summed E-state index contributed by atoms with van der Waals surface area (Å²) in [7, 11) is 0. The Morgan fingerprint density at radius 1 is 0.818 bits per heavy atom. The Labute approximate surface area is 199 Å². The summed E-state index contributed by atoms with van der Waals surface area (Å²) in [6, 6.07) is 10.9. The minimum Gasteiger partial charge on any atom is -0.339 e. The minimum atomic E-state index is -0.0594. The van der Waals surface area contributed by atoms with Gasteiger partial charge in [0.2, 0.25) is 5.91 Å². The van der Waals surface area contributed by atoms with Gasteiger partial charge in [-0.2, -0.15) is 0 Å². The SMILES string of the molecule is CC(=O)N1CCN(C(=O)c2ccc(C)nc2C2CCN(C(=O)c3ccccc3Cl)CC2)CC1. The third-order valence-corrected chi connectivity index (χ3v) is 6.91. The maximum Gasteiger partial charge on any atom is 0.255 e. The van der Waals surface area contributed by atoms with Crippen LogP contribution in [0.3, 0.4) is 0 Å². The Hall–Kier alpha value is -2.93. The monoisotopic (exact) mass is 468 g/mol. The molecule has 174 valence electrons. The molecule has 0 bridgehead atoms. The second-order valence-electron chi connectivity index (χ2n) is 8.73. The zero-order chi connectivity index (χ0) is 23.5. The van der Waals surface area contributed by atoms with Gasteiger partial charge in [0.1, 0.15) is 0 Å². The number of piperazine rings is 1. The number of carbonyl (C=O) groups is 3. The van der Waals surface area contributed by atoms with Gasteiger partial charge in [0.05, 0.1) is 21.8 Å². The molecule has 7 nitrogen and oxygen atoms in total. The smallest absolute Gasteiger partial charge is 0.255 e. The number of likely N-dealkylation sites (tertiary alicyclic amines) is 1. The van der Waals surface area contributed by atoms with Crippen LogP contribution < -0.4 is 0 Å². The number of aryl methyl sites for hydroxylation is 1. The fourth-order valence-electron chi connectivity index (χ4n) is 4.62. The van der Waals surface area contributed by atoms with Gasteiger partial charge in [-0.1, -0.05) is 23.7 Å². The van der Waals surface area contributed by atoms with Gasteiger partial charge in [-0.25, -0.2) is 0 Å². The first kappa shape index (κ1) is 23.2. The summed E-state index contributed by atoms with van der Waals surface area (Å²) in [6.45, 7) is 6.83. The van der Waals surface area contributed by atoms with E-state index in [-0.39, 0.29) is 23.6 Å². The number of aromatic nitrogens is 1. The minimum absolute atomic E-state index is 0.0322. The van der Waals surface area contributed by atoms with E-state index in [1.807, 2.05) is 41.0 Å². The lowest BCUT2D eigenvalue weighted by Crippen LogP contribution is -2.50. The van der Waals surface area contributed by atoms with Crippen LogP contribution in [0.4, 0.5) is 0 Å². The third-order valence-electron chi connectivity index (χ3n) is 6.58. The number of benzene rings is 1. The van der Waals surface area contributed by atoms with Crippen LogP contribution in [0.5, 0.6) is 0 Å². The summed E-state index contributed by atoms with van der Waals surface area (Å²) in [5.41, 5.74) is 2.84. The topological polar surface area (TPSA) is 73.8 Å². The first-order chi connectivity index (χ1) is 15.8. The van der Waals surface area contributed by atoms with Crippen LogP contribution >= 0.6 is 11.6 Å². The van der Waals surface area contributed by atoms with E-state index in [4.69, 9.17) is 16.6 Å². The standard InChI is InChI=1S/C25H29ClN4O3/c1-17-7-8-21(25(33)30-15-13-28(14-16-30)18(2)31)23(27-17)19-9-11-29(12-10-19)24(32)20-5-3-4-6-22(20)26/h3-8,19H,9-16H2,1-2H3. The largest absolute Gasteiger partial charge is 0.339 e. The van der Waals surface area contributed by atoms with E-state index in [0.717, 1.165) is 24.2 Å². The zero-order valence-corrected chi connectivity index (χ0v) is 19.8. The molecule has 2 aliphatic heterocycles. The highest BCUT2D eigenvalue weighted by molar-refractivity contribution is 6.33. The lowest BCUT2D eigenvalue weighted by Gasteiger charge is -2.35. The van der Waals surface area contributed by atoms with Gasteiger partial charge >= 0.3 is 0 Å². The van der Waals surface area contributed by atoms with Gasteiger partial charge < -0.3 is 14.7 Å². The van der Waals surface area contributed by atoms with Crippen LogP contribution in [-0.4, -0.2) is 76.7 Å². The first-order valence-corrected chi connectivity index (χ1v) is 11.8. The Morgan fingerprint density at radius 3 is 2.03 bits per heavy atom. The highest BCUT2D eigenvalue weighted by atomic mass is 35.5. The number of halogens is 1. The Kier molecular flexibility index (Phi) is 6.98. The Bertz CT molecular complexity index is 1060. The number of nitrogens with zero attached hydrogens (tertiary/aromatic N) is 4. The molecule has 3 amide bonds. The number of rotatable bonds is 3. The summed E-state index contributed by atoms with van der Waals surface area (Å²) in [5, 5.41) is 0.461. The average Bonchev–Trinajstić information content (AvgIpc) is 2.83. The van der Waals surface area contributed by atoms with E-state index in [0.29, 0.717) is 55.4 Å². The van der Waals surface area contributed by atoms with Crippen LogP contribution in [0.15, 0.2) is 36.4 Å². The molecule has 0 spiro atoms. The van der Waals surface area contributed by atoms with Crippen LogP contribution in [0, 0.1) is 6.92 Å². The highest BCUT2D eigenvalue weighted by Crippen LogP contribution is 2.31. The predicted molar refractivity (Wildman–Crippen MR) is 126 cm³/mol. The maximum atomic E-state index is 13.3. The van der Waals surface area contributed by atoms with Gasteiger partial charge in [-0.3, -0.25) is 19.4 Å². The van der Waals surface area contributed by atoms with Crippen molar-refractivity contribution in [1.29, 1.82) is 0 Å². The Balaban J connectivity index is 1.46. The summed E-state index contributed by atoms with van der Waals surface area (Å²) in [4.78, 5) is 48.0. The van der Waals surface area contributed by atoms with E-state index in [2.05, 4.69) is 0 Å². The molecule has 33 heavy (non-hydrogen) atoms. The van der Waals surface area contributed by atoms with Crippen LogP contribution in [0.2, 0.25) is 5.02 Å². The van der Waals surface area contributed by atoms with Crippen LogP contribution in [0.1, 0.15) is 57.8 Å². The molecular weight excluding hydrogens is 440 g/mol. The zero-order valence-electron chi connectivity index (χ0n) is 19.1. The summed E-state index contributed by atoms with van der Waals surface area (Å²) < 4.78 is 0. The summed E-state index contributed by atoms with van der Waals surface area (Å²) in [5.74, 6) is 0.0571. The van der Waals surface area contributed by atoms with Gasteiger partial charge in [0.15, 0.2) is 0 Å². The number of amides is 3. The van der Waals surface area contributed by atoms with Crippen molar-refractivity contribution in [2.75, 3.05) is 39.3 Å². The lowest BCUT2D eigenvalue weighted by atomic mass is 9.89. The molecule has 0 saturated carbocycles. The molecule has 3 heterocycles. The predicted octanol–water partition coefficient (Wildman–Crippen LogP) is 3.37. The number of hydrogen-bond acceptors (Lipinski definition) is 4. The van der Waals surface area contributed by atoms with Crippen molar-refractivity contribution in [1.82, 2.24) is 19.7 Å². The molecule has 2 aromatic rings. The molecule has 2 aliphatic rings. The fraction of sp³-hybridized carbons (Fsp3) is 0.440. The molecule has 1 aromatic carbocycles. The molecule has 0 aliphatic carbocycles. The highest BCUT2D eigenvalue weighted by Gasteiger charge is 2.31. The number of piperidine rings is 1. The maximum absolute atomic E-state index is 13.3.